The number of nitrogens with one attached hydrogen (secondary N) is 1. The lowest BCUT2D eigenvalue weighted by atomic mass is 10.1. The molecule has 0 bridgehead atoms. The van der Waals surface area contributed by atoms with Gasteiger partial charge >= 0.3 is 0 Å². The van der Waals surface area contributed by atoms with Crippen molar-refractivity contribution in [1.29, 1.82) is 0 Å². The van der Waals surface area contributed by atoms with Crippen molar-refractivity contribution in [3.8, 4) is 0 Å². The van der Waals surface area contributed by atoms with Crippen LogP contribution < -0.4 is 10.2 Å². The summed E-state index contributed by atoms with van der Waals surface area (Å²) in [6.07, 6.45) is 1.49. The molecule has 0 saturated carbocycles. The van der Waals surface area contributed by atoms with E-state index in [1.54, 1.807) is 12.1 Å². The van der Waals surface area contributed by atoms with Crippen LogP contribution in [0.2, 0.25) is 0 Å². The first-order valence-electron chi connectivity index (χ1n) is 9.33. The van der Waals surface area contributed by atoms with E-state index in [0.717, 1.165) is 47.9 Å². The fraction of sp³-hybridized carbons (Fsp3) is 0.182. The number of aromatic nitrogens is 2. The summed E-state index contributed by atoms with van der Waals surface area (Å²) >= 11 is 0. The highest BCUT2D eigenvalue weighted by atomic mass is 16.3. The van der Waals surface area contributed by atoms with E-state index in [1.807, 2.05) is 25.1 Å². The Morgan fingerprint density at radius 3 is 2.82 bits per heavy atom. The summed E-state index contributed by atoms with van der Waals surface area (Å²) in [5.74, 6) is 1.14. The van der Waals surface area contributed by atoms with Crippen molar-refractivity contribution in [2.75, 3.05) is 16.8 Å². The predicted octanol–water partition coefficient (Wildman–Crippen LogP) is 4.21. The number of furan rings is 1. The zero-order valence-electron chi connectivity index (χ0n) is 15.6. The Kier molecular flexibility index (Phi) is 3.90. The number of amides is 1. The summed E-state index contributed by atoms with van der Waals surface area (Å²) in [5, 5.41) is 2.91. The van der Waals surface area contributed by atoms with Crippen molar-refractivity contribution in [2.24, 2.45) is 0 Å². The second kappa shape index (κ2) is 6.56. The monoisotopic (exact) mass is 372 g/mol. The molecule has 1 amide bonds. The molecule has 1 N–H and O–H groups in total. The second-order valence-corrected chi connectivity index (χ2v) is 7.02. The van der Waals surface area contributed by atoms with E-state index >= 15 is 0 Å². The first kappa shape index (κ1) is 16.6. The van der Waals surface area contributed by atoms with Gasteiger partial charge in [0.2, 0.25) is 0 Å². The highest BCUT2D eigenvalue weighted by Crippen LogP contribution is 2.28. The highest BCUT2D eigenvalue weighted by molar-refractivity contribution is 6.02. The van der Waals surface area contributed by atoms with Crippen LogP contribution in [0.25, 0.3) is 11.0 Å². The first-order chi connectivity index (χ1) is 13.7. The summed E-state index contributed by atoms with van der Waals surface area (Å²) in [7, 11) is 0. The van der Waals surface area contributed by atoms with Crippen molar-refractivity contribution in [2.45, 2.75) is 20.0 Å². The lowest BCUT2D eigenvalue weighted by molar-refractivity contribution is 0.0996. The Bertz CT molecular complexity index is 1160. The third kappa shape index (κ3) is 2.83. The molecule has 0 unspecified atom stereocenters. The number of nitrogens with zero attached hydrogens (tertiary/aromatic N) is 3. The van der Waals surface area contributed by atoms with Crippen LogP contribution in [-0.2, 0) is 13.1 Å². The maximum absolute atomic E-state index is 12.2. The van der Waals surface area contributed by atoms with E-state index in [2.05, 4.69) is 39.0 Å². The Labute approximate surface area is 162 Å². The number of para-hydroxylation sites is 2. The van der Waals surface area contributed by atoms with Crippen LogP contribution in [0.5, 0.6) is 0 Å². The molecule has 0 radical (unpaired) electrons. The summed E-state index contributed by atoms with van der Waals surface area (Å²) < 4.78 is 7.46. The number of hydrogen-bond donors (Lipinski definition) is 1. The SMILES string of the molecule is Cc1cc(N2CCn3c(nc4ccccc43)C2)ccc1NC(=O)c1ccco1. The molecule has 5 rings (SSSR count). The average molecular weight is 372 g/mol. The van der Waals surface area contributed by atoms with Crippen LogP contribution in [-0.4, -0.2) is 22.0 Å². The van der Waals surface area contributed by atoms with E-state index in [0.29, 0.717) is 5.76 Å². The summed E-state index contributed by atoms with van der Waals surface area (Å²) in [6.45, 7) is 4.60. The fourth-order valence-corrected chi connectivity index (χ4v) is 3.76. The van der Waals surface area contributed by atoms with Gasteiger partial charge in [-0.15, -0.1) is 0 Å². The maximum atomic E-state index is 12.2. The zero-order valence-corrected chi connectivity index (χ0v) is 15.6. The molecule has 3 heterocycles. The van der Waals surface area contributed by atoms with Gasteiger partial charge in [0.05, 0.1) is 23.8 Å². The molecule has 1 aliphatic heterocycles. The molecule has 28 heavy (non-hydrogen) atoms. The quantitative estimate of drug-likeness (QED) is 0.585. The first-order valence-corrected chi connectivity index (χ1v) is 9.33. The molecule has 0 fully saturated rings. The van der Waals surface area contributed by atoms with Crippen LogP contribution in [0.15, 0.2) is 65.3 Å². The van der Waals surface area contributed by atoms with Gasteiger partial charge in [0.15, 0.2) is 5.76 Å². The predicted molar refractivity (Wildman–Crippen MR) is 109 cm³/mol. The largest absolute Gasteiger partial charge is 0.459 e. The Morgan fingerprint density at radius 1 is 1.11 bits per heavy atom. The van der Waals surface area contributed by atoms with Crippen LogP contribution in [0, 0.1) is 6.92 Å². The zero-order chi connectivity index (χ0) is 19.1. The van der Waals surface area contributed by atoms with Crippen LogP contribution >= 0.6 is 0 Å². The number of aryl methyl sites for hydroxylation is 1. The van der Waals surface area contributed by atoms with Crippen LogP contribution in [0.4, 0.5) is 11.4 Å². The number of anilines is 2. The van der Waals surface area contributed by atoms with Gasteiger partial charge in [0, 0.05) is 24.5 Å². The van der Waals surface area contributed by atoms with Crippen molar-refractivity contribution >= 4 is 28.3 Å². The van der Waals surface area contributed by atoms with Gasteiger partial charge in [0.1, 0.15) is 5.82 Å². The molecule has 6 nitrogen and oxygen atoms in total. The molecule has 0 saturated heterocycles. The fourth-order valence-electron chi connectivity index (χ4n) is 3.76. The number of rotatable bonds is 3. The third-order valence-corrected chi connectivity index (χ3v) is 5.23. The average Bonchev–Trinajstić information content (AvgIpc) is 3.37. The number of benzene rings is 2. The number of hydrogen-bond acceptors (Lipinski definition) is 4. The summed E-state index contributed by atoms with van der Waals surface area (Å²) in [4.78, 5) is 19.3. The van der Waals surface area contributed by atoms with E-state index in [4.69, 9.17) is 9.40 Å². The molecule has 0 spiro atoms. The van der Waals surface area contributed by atoms with Gasteiger partial charge < -0.3 is 19.2 Å². The van der Waals surface area contributed by atoms with Gasteiger partial charge in [-0.1, -0.05) is 12.1 Å². The molecule has 1 aliphatic rings. The molecule has 4 aromatic rings. The number of carbonyl (C=O) groups is 1. The minimum Gasteiger partial charge on any atom is -0.459 e. The van der Waals surface area contributed by atoms with E-state index in [9.17, 15) is 4.79 Å². The van der Waals surface area contributed by atoms with Gasteiger partial charge in [-0.3, -0.25) is 4.79 Å². The van der Waals surface area contributed by atoms with E-state index in [1.165, 1.54) is 11.8 Å². The van der Waals surface area contributed by atoms with Gasteiger partial charge in [-0.05, 0) is 55.0 Å². The lowest BCUT2D eigenvalue weighted by Crippen LogP contribution is -2.33. The molecule has 0 aliphatic carbocycles. The molecule has 0 atom stereocenters. The number of imidazole rings is 1. The normalized spacial score (nSPS) is 13.5. The Morgan fingerprint density at radius 2 is 2.00 bits per heavy atom. The van der Waals surface area contributed by atoms with Gasteiger partial charge in [-0.25, -0.2) is 4.98 Å². The Hall–Kier alpha value is -3.54. The minimum absolute atomic E-state index is 0.243. The van der Waals surface area contributed by atoms with Gasteiger partial charge in [-0.2, -0.15) is 0 Å². The van der Waals surface area contributed by atoms with Crippen molar-refractivity contribution in [1.82, 2.24) is 9.55 Å². The highest BCUT2D eigenvalue weighted by Gasteiger charge is 2.20. The maximum Gasteiger partial charge on any atom is 0.291 e. The van der Waals surface area contributed by atoms with Crippen molar-refractivity contribution < 1.29 is 9.21 Å². The van der Waals surface area contributed by atoms with E-state index in [-0.39, 0.29) is 5.91 Å². The van der Waals surface area contributed by atoms with Crippen LogP contribution in [0.3, 0.4) is 0 Å². The lowest BCUT2D eigenvalue weighted by Gasteiger charge is -2.30. The molecule has 2 aromatic carbocycles. The second-order valence-electron chi connectivity index (χ2n) is 7.02. The third-order valence-electron chi connectivity index (χ3n) is 5.23. The molecule has 2 aromatic heterocycles. The van der Waals surface area contributed by atoms with Crippen molar-refractivity contribution in [3.63, 3.8) is 0 Å². The van der Waals surface area contributed by atoms with Gasteiger partial charge in [0.25, 0.3) is 5.91 Å². The van der Waals surface area contributed by atoms with Crippen molar-refractivity contribution in [3.05, 3.63) is 78.0 Å². The number of fused-ring (bicyclic) bond motifs is 3. The molecular formula is C22H20N4O2. The topological polar surface area (TPSA) is 63.3 Å². The number of carbonyl (C=O) groups excluding carboxylic acids is 1. The molecule has 6 heteroatoms. The molecule has 140 valence electrons. The standard InChI is InChI=1S/C22H20N4O2/c1-15-13-16(8-9-17(15)24-22(27)20-7-4-12-28-20)25-10-11-26-19-6-3-2-5-18(19)23-21(26)14-25/h2-9,12-13H,10-11,14H2,1H3,(H,24,27). The summed E-state index contributed by atoms with van der Waals surface area (Å²) in [5.41, 5.74) is 5.17. The van der Waals surface area contributed by atoms with E-state index < -0.39 is 0 Å². The smallest absolute Gasteiger partial charge is 0.291 e. The molecular weight excluding hydrogens is 352 g/mol. The summed E-state index contributed by atoms with van der Waals surface area (Å²) in [6, 6.07) is 17.7. The Balaban J connectivity index is 1.37. The minimum atomic E-state index is -0.243. The van der Waals surface area contributed by atoms with Crippen LogP contribution in [0.1, 0.15) is 21.9 Å².